The number of H-pyrrole nitrogens is 1. The number of nitrogens with zero attached hydrogens (tertiary/aromatic N) is 9. The maximum atomic E-state index is 16.8. The van der Waals surface area contributed by atoms with Crippen molar-refractivity contribution < 1.29 is 32.4 Å². The van der Waals surface area contributed by atoms with Gasteiger partial charge in [-0.1, -0.05) is 5.16 Å². The number of benzene rings is 2. The largest absolute Gasteiger partial charge is 0.489 e. The monoisotopic (exact) mass is 924 g/mol. The fraction of sp³-hybridized carbons (Fsp3) is 0.440. The molecule has 1 N–H and O–H groups in total. The van der Waals surface area contributed by atoms with Crippen molar-refractivity contribution >= 4 is 39.9 Å². The van der Waals surface area contributed by atoms with Crippen molar-refractivity contribution in [2.24, 2.45) is 0 Å². The van der Waals surface area contributed by atoms with Crippen molar-refractivity contribution in [1.82, 2.24) is 39.0 Å². The predicted molar refractivity (Wildman–Crippen MR) is 245 cm³/mol. The Kier molecular flexibility index (Phi) is 8.73. The van der Waals surface area contributed by atoms with Gasteiger partial charge in [0.15, 0.2) is 11.6 Å². The van der Waals surface area contributed by atoms with Crippen molar-refractivity contribution in [1.29, 1.82) is 0 Å². The Morgan fingerprint density at radius 2 is 1.78 bits per heavy atom. The van der Waals surface area contributed by atoms with Crippen LogP contribution in [0, 0.1) is 25.5 Å². The number of aryl methyl sites for hydroxylation is 2. The third kappa shape index (κ3) is 6.04. The number of ether oxygens (including phenoxy) is 2. The molecule has 3 atom stereocenters. The third-order valence-electron chi connectivity index (χ3n) is 15.5. The molecule has 13 rings (SSSR count). The second-order valence-electron chi connectivity index (χ2n) is 20.4. The number of amides is 3. The number of urea groups is 1. The van der Waals surface area contributed by atoms with Gasteiger partial charge in [-0.15, -0.1) is 0 Å². The molecule has 350 valence electrons. The van der Waals surface area contributed by atoms with Gasteiger partial charge in [0.25, 0.3) is 5.91 Å². The molecule has 2 saturated carbocycles. The molecule has 16 nitrogen and oxygen atoms in total. The van der Waals surface area contributed by atoms with Gasteiger partial charge in [0.05, 0.1) is 69.7 Å². The van der Waals surface area contributed by atoms with Crippen molar-refractivity contribution in [2.75, 3.05) is 36.1 Å². The zero-order valence-electron chi connectivity index (χ0n) is 38.4. The summed E-state index contributed by atoms with van der Waals surface area (Å²) in [7, 11) is 0. The lowest BCUT2D eigenvalue weighted by Crippen LogP contribution is -2.42. The van der Waals surface area contributed by atoms with Gasteiger partial charge in [0, 0.05) is 48.6 Å². The summed E-state index contributed by atoms with van der Waals surface area (Å²) in [5.41, 5.74) is 5.58. The van der Waals surface area contributed by atoms with E-state index in [1.807, 2.05) is 33.2 Å². The molecule has 9 heterocycles. The highest BCUT2D eigenvalue weighted by Crippen LogP contribution is 2.55. The molecule has 0 bridgehead atoms. The number of anilines is 2. The fourth-order valence-corrected chi connectivity index (χ4v) is 11.8. The van der Waals surface area contributed by atoms with Gasteiger partial charge >= 0.3 is 11.8 Å². The SMILES string of the molecule is Cc1cc(-n2nc3c(c2N2C[C@@H]4COc5cc6c(cnn6C6CC6)c(F)c5N4C2=O)[C@H](C)N(C(=O)c2cc4cc([C@@H]5CCOC(C)(C)C5)ccn4c2C2(c4noc(=O)[nH]4)CC2)CC3)cc(C)c1F. The summed E-state index contributed by atoms with van der Waals surface area (Å²) in [5, 5.41) is 14.1. The van der Waals surface area contributed by atoms with Crippen molar-refractivity contribution in [3.05, 3.63) is 116 Å². The van der Waals surface area contributed by atoms with Crippen LogP contribution in [0.5, 0.6) is 5.75 Å². The summed E-state index contributed by atoms with van der Waals surface area (Å²) >= 11 is 0. The smallest absolute Gasteiger partial charge is 0.438 e. The number of pyridine rings is 1. The summed E-state index contributed by atoms with van der Waals surface area (Å²) < 4.78 is 55.0. The normalized spacial score (nSPS) is 22.7. The lowest BCUT2D eigenvalue weighted by molar-refractivity contribution is -0.0593. The van der Waals surface area contributed by atoms with E-state index < -0.39 is 35.1 Å². The number of aromatic nitrogens is 7. The molecule has 4 aliphatic heterocycles. The number of carbonyl (C=O) groups excluding carboxylic acids is 2. The molecular weight excluding hydrogens is 875 g/mol. The first-order valence-corrected chi connectivity index (χ1v) is 23.7. The molecule has 6 aliphatic rings. The van der Waals surface area contributed by atoms with E-state index in [4.69, 9.17) is 19.1 Å². The second-order valence-corrected chi connectivity index (χ2v) is 20.4. The van der Waals surface area contributed by atoms with Gasteiger partial charge in [-0.25, -0.2) is 23.1 Å². The zero-order chi connectivity index (χ0) is 46.7. The maximum absolute atomic E-state index is 16.8. The molecule has 2 aliphatic carbocycles. The van der Waals surface area contributed by atoms with E-state index >= 15 is 18.4 Å². The molecule has 18 heteroatoms. The van der Waals surface area contributed by atoms with E-state index in [2.05, 4.69) is 41.2 Å². The van der Waals surface area contributed by atoms with Crippen LogP contribution in [0.3, 0.4) is 0 Å². The van der Waals surface area contributed by atoms with Crippen LogP contribution in [0.15, 0.2) is 58.1 Å². The fourth-order valence-electron chi connectivity index (χ4n) is 11.8. The molecule has 2 saturated heterocycles. The van der Waals surface area contributed by atoms with Crippen LogP contribution in [0.1, 0.15) is 127 Å². The maximum Gasteiger partial charge on any atom is 0.438 e. The lowest BCUT2D eigenvalue weighted by Gasteiger charge is -2.35. The first kappa shape index (κ1) is 41.4. The Morgan fingerprint density at radius 1 is 0.985 bits per heavy atom. The first-order valence-electron chi connectivity index (χ1n) is 23.7. The van der Waals surface area contributed by atoms with Gasteiger partial charge in [0.1, 0.15) is 29.7 Å². The van der Waals surface area contributed by atoms with Crippen LogP contribution in [-0.4, -0.2) is 88.9 Å². The minimum absolute atomic E-state index is 0.0642. The van der Waals surface area contributed by atoms with Crippen LogP contribution >= 0.6 is 0 Å². The van der Waals surface area contributed by atoms with Gasteiger partial charge in [0.2, 0.25) is 0 Å². The van der Waals surface area contributed by atoms with Crippen LogP contribution in [0.25, 0.3) is 22.1 Å². The van der Waals surface area contributed by atoms with E-state index in [1.54, 1.807) is 41.6 Å². The Bertz CT molecular complexity index is 3350. The number of halogens is 2. The van der Waals surface area contributed by atoms with E-state index in [-0.39, 0.29) is 53.9 Å². The van der Waals surface area contributed by atoms with E-state index in [0.717, 1.165) is 42.5 Å². The number of nitrogens with one attached hydrogen (secondary N) is 1. The Labute approximate surface area is 388 Å². The van der Waals surface area contributed by atoms with Crippen LogP contribution in [-0.2, 0) is 16.6 Å². The average molecular weight is 925 g/mol. The third-order valence-corrected chi connectivity index (χ3v) is 15.5. The number of fused-ring (bicyclic) bond motifs is 6. The summed E-state index contributed by atoms with van der Waals surface area (Å²) in [5.74, 6) is -0.470. The molecule has 4 fully saturated rings. The Hall–Kier alpha value is -6.82. The summed E-state index contributed by atoms with van der Waals surface area (Å²) in [6.45, 7) is 10.8. The molecular formula is C50H50F2N10O6. The summed E-state index contributed by atoms with van der Waals surface area (Å²) in [6.07, 6.45) is 8.85. The van der Waals surface area contributed by atoms with Crippen LogP contribution in [0.4, 0.5) is 25.1 Å². The van der Waals surface area contributed by atoms with Crippen LogP contribution in [0.2, 0.25) is 0 Å². The topological polar surface area (TPSA) is 161 Å². The minimum atomic E-state index is -0.771. The van der Waals surface area contributed by atoms with Gasteiger partial charge < -0.3 is 18.8 Å². The molecule has 5 aromatic heterocycles. The number of aromatic amines is 1. The lowest BCUT2D eigenvalue weighted by atomic mass is 9.84. The van der Waals surface area contributed by atoms with Gasteiger partial charge in [-0.3, -0.25) is 28.8 Å². The van der Waals surface area contributed by atoms with E-state index in [0.29, 0.717) is 88.6 Å². The molecule has 2 aromatic carbocycles. The van der Waals surface area contributed by atoms with Gasteiger partial charge in [-0.05, 0) is 126 Å². The molecule has 68 heavy (non-hydrogen) atoms. The van der Waals surface area contributed by atoms with Crippen molar-refractivity contribution in [2.45, 2.75) is 115 Å². The van der Waals surface area contributed by atoms with Gasteiger partial charge in [-0.2, -0.15) is 10.2 Å². The van der Waals surface area contributed by atoms with E-state index in [9.17, 15) is 4.79 Å². The second kappa shape index (κ2) is 14.4. The molecule has 0 spiro atoms. The number of hydrogen-bond acceptors (Lipinski definition) is 9. The van der Waals surface area contributed by atoms with Crippen molar-refractivity contribution in [3.63, 3.8) is 0 Å². The highest BCUT2D eigenvalue weighted by atomic mass is 19.1. The first-order chi connectivity index (χ1) is 32.7. The number of rotatable bonds is 7. The highest BCUT2D eigenvalue weighted by molar-refractivity contribution is 6.10. The predicted octanol–water partition coefficient (Wildman–Crippen LogP) is 8.10. The van der Waals surface area contributed by atoms with E-state index in [1.165, 1.54) is 11.1 Å². The average Bonchev–Trinajstić information content (AvgIpc) is 4.04. The quantitative estimate of drug-likeness (QED) is 0.167. The molecule has 0 unspecified atom stereocenters. The minimum Gasteiger partial charge on any atom is -0.489 e. The van der Waals surface area contributed by atoms with Crippen LogP contribution < -0.4 is 20.3 Å². The Balaban J connectivity index is 0.924. The standard InChI is InChI=1S/C50H50F2N10O6/c1-25-16-32(17-26(2)40(25)51)62-44(59-23-33-24-66-38-20-37-35(22-53-61(37)30-6-7-30)41(52)42(38)60(33)48(59)65)39-27(3)57(14-9-36(39)55-62)45(63)34-19-31-18-28(29-10-15-67-49(4,5)21-29)8-13-58(31)43(34)50(11-12-50)46-54-47(64)68-56-46/h8,13,16-20,22,27,29-30,33H,6-7,9-12,14-15,21,23-24H2,1-5H3,(H,54,56,64)/t27-,29+,33+/m0/s1. The highest BCUT2D eigenvalue weighted by Gasteiger charge is 2.54. The molecule has 7 aromatic rings. The zero-order valence-corrected chi connectivity index (χ0v) is 38.4. The Morgan fingerprint density at radius 3 is 2.50 bits per heavy atom. The number of hydrogen-bond donors (Lipinski definition) is 1. The van der Waals surface area contributed by atoms with Crippen molar-refractivity contribution in [3.8, 4) is 11.4 Å². The molecule has 3 amide bonds. The summed E-state index contributed by atoms with van der Waals surface area (Å²) in [4.78, 5) is 50.9. The molecule has 0 radical (unpaired) electrons. The number of carbonyl (C=O) groups is 2. The summed E-state index contributed by atoms with van der Waals surface area (Å²) in [6, 6.07) is 9.98.